The number of benzene rings is 2. The summed E-state index contributed by atoms with van der Waals surface area (Å²) in [6.07, 6.45) is 10.3. The van der Waals surface area contributed by atoms with Crippen molar-refractivity contribution in [2.24, 2.45) is 0 Å². The number of hydrogen-bond acceptors (Lipinski definition) is 0. The second kappa shape index (κ2) is 2.89. The van der Waals surface area contributed by atoms with E-state index in [9.17, 15) is 0 Å². The highest BCUT2D eigenvalue weighted by molar-refractivity contribution is 5.99. The fourth-order valence-corrected chi connectivity index (χ4v) is 3.27. The Kier molecular flexibility index (Phi) is 1.57. The van der Waals surface area contributed by atoms with Crippen molar-refractivity contribution in [1.29, 1.82) is 0 Å². The molecule has 17 heavy (non-hydrogen) atoms. The number of allylic oxidation sites excluding steroid dienone is 2. The third-order valence-corrected chi connectivity index (χ3v) is 4.15. The van der Waals surface area contributed by atoms with Crippen LogP contribution in [0.3, 0.4) is 0 Å². The molecule has 0 nitrogen and oxygen atoms in total. The van der Waals surface area contributed by atoms with Gasteiger partial charge in [0.25, 0.3) is 0 Å². The van der Waals surface area contributed by atoms with Gasteiger partial charge in [-0.2, -0.15) is 0 Å². The third kappa shape index (κ3) is 1.08. The zero-order valence-corrected chi connectivity index (χ0v) is 9.90. The van der Waals surface area contributed by atoms with Crippen LogP contribution in [-0.4, -0.2) is 0 Å². The second-order valence-corrected chi connectivity index (χ2v) is 5.33. The summed E-state index contributed by atoms with van der Waals surface area (Å²) in [5.74, 6) is 0. The average Bonchev–Trinajstić information content (AvgIpc) is 2.36. The molecule has 0 bridgehead atoms. The van der Waals surface area contributed by atoms with Gasteiger partial charge in [0.15, 0.2) is 0 Å². The van der Waals surface area contributed by atoms with E-state index in [1.807, 2.05) is 0 Å². The van der Waals surface area contributed by atoms with Gasteiger partial charge < -0.3 is 0 Å². The van der Waals surface area contributed by atoms with E-state index in [4.69, 9.17) is 0 Å². The molecular formula is C17H14. The van der Waals surface area contributed by atoms with Crippen LogP contribution in [0, 0.1) is 0 Å². The van der Waals surface area contributed by atoms with Crippen LogP contribution < -0.4 is 0 Å². The Balaban J connectivity index is 2.28. The molecule has 0 saturated heterocycles. The van der Waals surface area contributed by atoms with Gasteiger partial charge in [0.2, 0.25) is 0 Å². The molecule has 2 aromatic carbocycles. The molecule has 0 fully saturated rings. The summed E-state index contributed by atoms with van der Waals surface area (Å²) < 4.78 is 0. The lowest BCUT2D eigenvalue weighted by molar-refractivity contribution is 0.605. The molecule has 0 heterocycles. The molecule has 0 spiro atoms. The Bertz CT molecular complexity index is 688. The topological polar surface area (TPSA) is 0 Å². The summed E-state index contributed by atoms with van der Waals surface area (Å²) in [6, 6.07) is 11.1. The lowest BCUT2D eigenvalue weighted by Gasteiger charge is -2.34. The minimum absolute atomic E-state index is 0.192. The predicted molar refractivity (Wildman–Crippen MR) is 74.0 cm³/mol. The first kappa shape index (κ1) is 9.23. The zero-order valence-electron chi connectivity index (χ0n) is 9.90. The smallest absolute Gasteiger partial charge is 0.0154 e. The molecule has 0 radical (unpaired) electrons. The highest BCUT2D eigenvalue weighted by Gasteiger charge is 2.31. The van der Waals surface area contributed by atoms with E-state index in [-0.39, 0.29) is 5.41 Å². The molecule has 2 aromatic rings. The summed E-state index contributed by atoms with van der Waals surface area (Å²) in [7, 11) is 0. The summed E-state index contributed by atoms with van der Waals surface area (Å²) in [6.45, 7) is 2.35. The van der Waals surface area contributed by atoms with Crippen LogP contribution in [0.2, 0.25) is 0 Å². The Hall–Kier alpha value is -1.82. The van der Waals surface area contributed by atoms with Crippen LogP contribution in [0.5, 0.6) is 0 Å². The van der Waals surface area contributed by atoms with E-state index >= 15 is 0 Å². The van der Waals surface area contributed by atoms with Gasteiger partial charge in [-0.25, -0.2) is 0 Å². The standard InChI is InChI=1S/C17H14/c1-17-10-3-6-14-8-7-12-4-2-5-13(9-11-17)15(12)16(14)17/h2-9,11H,10H2,1H3. The summed E-state index contributed by atoms with van der Waals surface area (Å²) >= 11 is 0. The fourth-order valence-electron chi connectivity index (χ4n) is 3.27. The second-order valence-electron chi connectivity index (χ2n) is 5.33. The van der Waals surface area contributed by atoms with Crippen molar-refractivity contribution in [3.05, 3.63) is 59.2 Å². The van der Waals surface area contributed by atoms with Gasteiger partial charge in [-0.05, 0) is 33.9 Å². The highest BCUT2D eigenvalue weighted by Crippen LogP contribution is 2.45. The molecule has 1 unspecified atom stereocenters. The zero-order chi connectivity index (χ0) is 11.5. The summed E-state index contributed by atoms with van der Waals surface area (Å²) in [4.78, 5) is 0. The van der Waals surface area contributed by atoms with E-state index < -0.39 is 0 Å². The largest absolute Gasteiger partial charge is 0.0827 e. The number of rotatable bonds is 0. The Morgan fingerprint density at radius 2 is 1.94 bits per heavy atom. The molecule has 2 aliphatic rings. The minimum atomic E-state index is 0.192. The van der Waals surface area contributed by atoms with Crippen molar-refractivity contribution < 1.29 is 0 Å². The lowest BCUT2D eigenvalue weighted by Crippen LogP contribution is -2.24. The molecule has 82 valence electrons. The van der Waals surface area contributed by atoms with Crippen LogP contribution in [0.4, 0.5) is 0 Å². The van der Waals surface area contributed by atoms with E-state index in [0.29, 0.717) is 0 Å². The monoisotopic (exact) mass is 218 g/mol. The highest BCUT2D eigenvalue weighted by atomic mass is 14.3. The first-order valence-corrected chi connectivity index (χ1v) is 6.20. The molecule has 0 heteroatoms. The quantitative estimate of drug-likeness (QED) is 0.609. The predicted octanol–water partition coefficient (Wildman–Crippen LogP) is 4.54. The van der Waals surface area contributed by atoms with Gasteiger partial charge in [-0.3, -0.25) is 0 Å². The molecule has 0 aromatic heterocycles. The van der Waals surface area contributed by atoms with Crippen LogP contribution in [0.1, 0.15) is 30.0 Å². The third-order valence-electron chi connectivity index (χ3n) is 4.15. The van der Waals surface area contributed by atoms with Crippen LogP contribution in [0.15, 0.2) is 42.5 Å². The van der Waals surface area contributed by atoms with Gasteiger partial charge >= 0.3 is 0 Å². The van der Waals surface area contributed by atoms with Crippen molar-refractivity contribution in [1.82, 2.24) is 0 Å². The fraction of sp³-hybridized carbons (Fsp3) is 0.176. The van der Waals surface area contributed by atoms with E-state index in [1.165, 1.54) is 27.5 Å². The molecule has 2 aliphatic carbocycles. The Morgan fingerprint density at radius 1 is 1.00 bits per heavy atom. The number of hydrogen-bond donors (Lipinski definition) is 0. The molecule has 0 aliphatic heterocycles. The van der Waals surface area contributed by atoms with E-state index in [0.717, 1.165) is 6.42 Å². The van der Waals surface area contributed by atoms with Gasteiger partial charge in [0.1, 0.15) is 0 Å². The van der Waals surface area contributed by atoms with Gasteiger partial charge in [0, 0.05) is 5.41 Å². The maximum Gasteiger partial charge on any atom is 0.0154 e. The minimum Gasteiger partial charge on any atom is -0.0827 e. The first-order chi connectivity index (χ1) is 8.28. The van der Waals surface area contributed by atoms with Gasteiger partial charge in [0.05, 0.1) is 0 Å². The lowest BCUT2D eigenvalue weighted by atomic mass is 9.69. The van der Waals surface area contributed by atoms with Gasteiger partial charge in [-0.15, -0.1) is 0 Å². The molecule has 1 atom stereocenters. The van der Waals surface area contributed by atoms with E-state index in [2.05, 4.69) is 61.6 Å². The first-order valence-electron chi connectivity index (χ1n) is 6.20. The summed E-state index contributed by atoms with van der Waals surface area (Å²) in [5, 5.41) is 2.83. The van der Waals surface area contributed by atoms with Crippen LogP contribution >= 0.6 is 0 Å². The van der Waals surface area contributed by atoms with Crippen LogP contribution in [-0.2, 0) is 5.41 Å². The normalized spacial score (nSPS) is 24.3. The molecule has 0 saturated carbocycles. The van der Waals surface area contributed by atoms with Crippen LogP contribution in [0.25, 0.3) is 22.9 Å². The molecule has 0 N–H and O–H groups in total. The molecule has 0 amide bonds. The van der Waals surface area contributed by atoms with Gasteiger partial charge in [-0.1, -0.05) is 61.6 Å². The Morgan fingerprint density at radius 3 is 2.88 bits per heavy atom. The van der Waals surface area contributed by atoms with Crippen molar-refractivity contribution in [3.8, 4) is 0 Å². The SMILES string of the molecule is CC12C=Cc3cccc4ccc(c1c34)C=CC2. The maximum atomic E-state index is 2.37. The average molecular weight is 218 g/mol. The molecular weight excluding hydrogens is 204 g/mol. The maximum absolute atomic E-state index is 2.37. The molecule has 4 rings (SSSR count). The van der Waals surface area contributed by atoms with Crippen molar-refractivity contribution in [3.63, 3.8) is 0 Å². The van der Waals surface area contributed by atoms with E-state index in [1.54, 1.807) is 0 Å². The summed E-state index contributed by atoms with van der Waals surface area (Å²) in [5.41, 5.74) is 4.48. The van der Waals surface area contributed by atoms with Crippen molar-refractivity contribution in [2.75, 3.05) is 0 Å². The van der Waals surface area contributed by atoms with Crippen molar-refractivity contribution in [2.45, 2.75) is 18.8 Å². The van der Waals surface area contributed by atoms with Crippen molar-refractivity contribution >= 4 is 22.9 Å². The Labute approximate surface area is 101 Å².